The number of rotatable bonds is 0. The number of hydrogen-bond donors (Lipinski definition) is 6. The number of phosphoric acid groups is 2. The molecule has 0 radical (unpaired) electrons. The molecule has 0 fully saturated rings. The summed E-state index contributed by atoms with van der Waals surface area (Å²) < 4.78 is 17.8. The zero-order valence-corrected chi connectivity index (χ0v) is 11.2. The molecule has 6 N–H and O–H groups in total. The Bertz CT molecular complexity index is 142. The molecule has 0 saturated heterocycles. The van der Waals surface area contributed by atoms with Gasteiger partial charge in [0.05, 0.1) is 0 Å². The first kappa shape index (κ1) is 23.8. The average Bonchev–Trinajstić information content (AvgIpc) is 1.12. The molecule has 0 bridgehead atoms. The van der Waals surface area contributed by atoms with Crippen molar-refractivity contribution in [2.45, 2.75) is 0 Å². The van der Waals surface area contributed by atoms with Gasteiger partial charge < -0.3 is 35.1 Å². The standard InChI is InChI=1S/Ca.Mg.2H3O4P.4H/c;;2*1-5(2,3)4;;;;/h;;2*(H3,1,2,3,4);;;;/q2*+2;;;4*-1. The van der Waals surface area contributed by atoms with Crippen LogP contribution in [0.5, 0.6) is 0 Å². The van der Waals surface area contributed by atoms with E-state index in [1.54, 1.807) is 0 Å². The van der Waals surface area contributed by atoms with E-state index in [1.807, 2.05) is 0 Å². The van der Waals surface area contributed by atoms with E-state index in [2.05, 4.69) is 0 Å². The fraction of sp³-hybridized carbons (Fsp3) is 0. The molecule has 0 saturated carbocycles. The Balaban J connectivity index is -0.00000000970. The third-order valence-electron chi connectivity index (χ3n) is 0. The third kappa shape index (κ3) is 307. The largest absolute Gasteiger partial charge is 2.00 e. The molecule has 0 aromatic carbocycles. The van der Waals surface area contributed by atoms with E-state index in [0.717, 1.165) is 0 Å². The normalized spacial score (nSPS) is 9.83. The average molecular weight is 264 g/mol. The van der Waals surface area contributed by atoms with Gasteiger partial charge in [-0.15, -0.1) is 0 Å². The summed E-state index contributed by atoms with van der Waals surface area (Å²) in [4.78, 5) is 43.1. The molecular weight excluding hydrogens is 254 g/mol. The maximum atomic E-state index is 8.88. The van der Waals surface area contributed by atoms with Crippen LogP contribution in [-0.2, 0) is 9.13 Å². The van der Waals surface area contributed by atoms with Gasteiger partial charge in [0, 0.05) is 0 Å². The van der Waals surface area contributed by atoms with Crippen LogP contribution >= 0.6 is 15.6 Å². The summed E-state index contributed by atoms with van der Waals surface area (Å²) in [6.45, 7) is 0. The zero-order chi connectivity index (χ0) is 9.00. The van der Waals surface area contributed by atoms with Gasteiger partial charge in [-0.25, -0.2) is 9.13 Å². The van der Waals surface area contributed by atoms with Gasteiger partial charge in [0.2, 0.25) is 0 Å². The molecule has 0 unspecified atom stereocenters. The van der Waals surface area contributed by atoms with Crippen LogP contribution in [0.25, 0.3) is 0 Å². The molecule has 0 aliphatic heterocycles. The van der Waals surface area contributed by atoms with Crippen LogP contribution in [-0.4, -0.2) is 90.2 Å². The Hall–Kier alpha value is 2.25. The third-order valence-corrected chi connectivity index (χ3v) is 0. The van der Waals surface area contributed by atoms with Crippen LogP contribution in [0.2, 0.25) is 0 Å². The van der Waals surface area contributed by atoms with Gasteiger partial charge in [-0.2, -0.15) is 0 Å². The van der Waals surface area contributed by atoms with Crippen molar-refractivity contribution in [3.05, 3.63) is 0 Å². The van der Waals surface area contributed by atoms with Crippen LogP contribution in [0, 0.1) is 0 Å². The molecule has 0 aliphatic rings. The van der Waals surface area contributed by atoms with Crippen molar-refractivity contribution in [3.8, 4) is 0 Å². The minimum atomic E-state index is -4.64. The van der Waals surface area contributed by atoms with Gasteiger partial charge in [0.1, 0.15) is 0 Å². The second-order valence-electron chi connectivity index (χ2n) is 1.03. The SMILES string of the molecule is O=P(O)(O)O.O=P(O)(O)O.[Ca+2].[H-].[H-].[H-].[H-].[Mg+2]. The van der Waals surface area contributed by atoms with Crippen LogP contribution in [0.4, 0.5) is 0 Å². The molecule has 8 nitrogen and oxygen atoms in total. The van der Waals surface area contributed by atoms with Crippen LogP contribution < -0.4 is 0 Å². The van der Waals surface area contributed by atoms with E-state index in [4.69, 9.17) is 38.5 Å². The van der Waals surface area contributed by atoms with E-state index >= 15 is 0 Å². The van der Waals surface area contributed by atoms with Gasteiger partial charge in [-0.3, -0.25) is 0 Å². The molecule has 12 heteroatoms. The summed E-state index contributed by atoms with van der Waals surface area (Å²) in [6, 6.07) is 0. The van der Waals surface area contributed by atoms with Crippen molar-refractivity contribution in [3.63, 3.8) is 0 Å². The Morgan fingerprint density at radius 2 is 0.750 bits per heavy atom. The first-order chi connectivity index (χ1) is 4.00. The van der Waals surface area contributed by atoms with Crippen molar-refractivity contribution in [1.82, 2.24) is 0 Å². The molecule has 0 spiro atoms. The molecule has 0 aromatic rings. The van der Waals surface area contributed by atoms with E-state index in [9.17, 15) is 0 Å². The minimum absolute atomic E-state index is 0. The van der Waals surface area contributed by atoms with Crippen LogP contribution in [0.15, 0.2) is 0 Å². The van der Waals surface area contributed by atoms with Crippen LogP contribution in [0.1, 0.15) is 5.71 Å². The van der Waals surface area contributed by atoms with Gasteiger partial charge >= 0.3 is 76.4 Å². The van der Waals surface area contributed by atoms with Crippen molar-refractivity contribution >= 4 is 76.4 Å². The summed E-state index contributed by atoms with van der Waals surface area (Å²) in [5.74, 6) is 0. The predicted molar refractivity (Wildman–Crippen MR) is 44.5 cm³/mol. The number of hydrogen-bond acceptors (Lipinski definition) is 2. The van der Waals surface area contributed by atoms with Crippen LogP contribution in [0.3, 0.4) is 0 Å². The summed E-state index contributed by atoms with van der Waals surface area (Å²) in [6.07, 6.45) is 0. The van der Waals surface area contributed by atoms with Gasteiger partial charge in [-0.1, -0.05) is 0 Å². The monoisotopic (exact) mass is 264 g/mol. The maximum Gasteiger partial charge on any atom is 2.00 e. The van der Waals surface area contributed by atoms with Gasteiger partial charge in [0.25, 0.3) is 0 Å². The fourth-order valence-electron chi connectivity index (χ4n) is 0. The second-order valence-corrected chi connectivity index (χ2v) is 3.08. The predicted octanol–water partition coefficient (Wildman–Crippen LogP) is -2.17. The fourth-order valence-corrected chi connectivity index (χ4v) is 0. The van der Waals surface area contributed by atoms with E-state index < -0.39 is 15.6 Å². The zero-order valence-electron chi connectivity index (χ0n) is 9.81. The summed E-state index contributed by atoms with van der Waals surface area (Å²) in [5, 5.41) is 0. The topological polar surface area (TPSA) is 156 Å². The van der Waals surface area contributed by atoms with E-state index in [1.165, 1.54) is 0 Å². The van der Waals surface area contributed by atoms with Crippen molar-refractivity contribution in [2.24, 2.45) is 0 Å². The molecule has 0 rings (SSSR count). The smallest absolute Gasteiger partial charge is 1.00 e. The molecule has 0 aromatic heterocycles. The Morgan fingerprint density at radius 1 is 0.750 bits per heavy atom. The van der Waals surface area contributed by atoms with E-state index in [0.29, 0.717) is 0 Å². The van der Waals surface area contributed by atoms with Crippen molar-refractivity contribution in [1.29, 1.82) is 0 Å². The molecule has 72 valence electrons. The minimum Gasteiger partial charge on any atom is -1.00 e. The molecule has 0 aliphatic carbocycles. The quantitative estimate of drug-likeness (QED) is 0.213. The first-order valence-corrected chi connectivity index (χ1v) is 4.70. The van der Waals surface area contributed by atoms with Crippen molar-refractivity contribution in [2.75, 3.05) is 0 Å². The molecule has 0 atom stereocenters. The molecule has 12 heavy (non-hydrogen) atoms. The Kier molecular flexibility index (Phi) is 19.4. The van der Waals surface area contributed by atoms with E-state index in [-0.39, 0.29) is 66.5 Å². The second kappa shape index (κ2) is 9.79. The summed E-state index contributed by atoms with van der Waals surface area (Å²) >= 11 is 0. The molecule has 0 amide bonds. The molecule has 0 heterocycles. The maximum absolute atomic E-state index is 8.88. The van der Waals surface area contributed by atoms with Gasteiger partial charge in [-0.05, 0) is 0 Å². The first-order valence-electron chi connectivity index (χ1n) is 1.57. The summed E-state index contributed by atoms with van der Waals surface area (Å²) in [5.41, 5.74) is 0. The van der Waals surface area contributed by atoms with Gasteiger partial charge in [0.15, 0.2) is 0 Å². The Morgan fingerprint density at radius 3 is 0.750 bits per heavy atom. The summed E-state index contributed by atoms with van der Waals surface area (Å²) in [7, 11) is -9.28. The Labute approximate surface area is 120 Å². The molecular formula is H10CaMgO8P2. The van der Waals surface area contributed by atoms with Crippen molar-refractivity contribution < 1.29 is 44.2 Å².